The molecule has 6 nitrogen and oxygen atoms in total. The van der Waals surface area contributed by atoms with Crippen LogP contribution < -0.4 is 5.73 Å². The highest BCUT2D eigenvalue weighted by atomic mass is 32.2. The van der Waals surface area contributed by atoms with E-state index >= 15 is 0 Å². The van der Waals surface area contributed by atoms with E-state index in [1.807, 2.05) is 16.8 Å². The summed E-state index contributed by atoms with van der Waals surface area (Å²) in [6, 6.07) is 1.88. The molecule has 0 unspecified atom stereocenters. The van der Waals surface area contributed by atoms with Crippen LogP contribution in [0, 0.1) is 0 Å². The van der Waals surface area contributed by atoms with Crippen molar-refractivity contribution in [3.8, 4) is 0 Å². The summed E-state index contributed by atoms with van der Waals surface area (Å²) in [6.07, 6.45) is 3.23. The average molecular weight is 252 g/mol. The molecule has 3 rings (SSSR count). The van der Waals surface area contributed by atoms with E-state index in [0.717, 1.165) is 16.8 Å². The van der Waals surface area contributed by atoms with Gasteiger partial charge in [0.1, 0.15) is 29.5 Å². The number of hydrogen-bond donors (Lipinski definition) is 2. The lowest BCUT2D eigenvalue weighted by molar-refractivity contribution is -0.00161. The van der Waals surface area contributed by atoms with Crippen molar-refractivity contribution in [2.24, 2.45) is 0 Å². The molecule has 2 aromatic rings. The smallest absolute Gasteiger partial charge is 0.147 e. The topological polar surface area (TPSA) is 86.2 Å². The number of thioether (sulfide) groups is 1. The minimum atomic E-state index is -0.156. The Hall–Kier alpha value is -1.31. The molecule has 2 atom stereocenters. The molecule has 0 saturated carbocycles. The Kier molecular flexibility index (Phi) is 2.65. The van der Waals surface area contributed by atoms with Gasteiger partial charge in [0.25, 0.3) is 0 Å². The third-order valence-corrected chi connectivity index (χ3v) is 3.84. The summed E-state index contributed by atoms with van der Waals surface area (Å²) in [6.45, 7) is 0.0253. The van der Waals surface area contributed by atoms with Crippen molar-refractivity contribution >= 4 is 28.6 Å². The van der Waals surface area contributed by atoms with Crippen LogP contribution in [0.15, 0.2) is 18.6 Å². The van der Waals surface area contributed by atoms with Gasteiger partial charge in [-0.05, 0) is 6.07 Å². The summed E-state index contributed by atoms with van der Waals surface area (Å²) in [5, 5.41) is 9.87. The van der Waals surface area contributed by atoms with Crippen molar-refractivity contribution in [1.29, 1.82) is 0 Å². The van der Waals surface area contributed by atoms with Crippen molar-refractivity contribution in [3.63, 3.8) is 0 Å². The lowest BCUT2D eigenvalue weighted by atomic mass is 10.4. The van der Waals surface area contributed by atoms with Crippen molar-refractivity contribution in [2.75, 3.05) is 18.1 Å². The standard InChI is InChI=1S/C10H12N4O2S/c11-9-6-1-2-14(10(6)13-5-12-9)7-4-17-8(3-15)16-7/h1-2,5,7-8,15H,3-4H2,(H2,11,12,13)/t7-,8+/m1/s1. The third-order valence-electron chi connectivity index (χ3n) is 2.73. The Morgan fingerprint density at radius 3 is 3.24 bits per heavy atom. The number of nitrogens with zero attached hydrogens (tertiary/aromatic N) is 3. The lowest BCUT2D eigenvalue weighted by Gasteiger charge is -2.13. The quantitative estimate of drug-likeness (QED) is 0.813. The average Bonchev–Trinajstić information content (AvgIpc) is 2.94. The number of aliphatic hydroxyl groups is 1. The predicted octanol–water partition coefficient (Wildman–Crippen LogP) is 0.594. The molecule has 3 N–H and O–H groups in total. The highest BCUT2D eigenvalue weighted by Crippen LogP contribution is 2.33. The molecule has 1 aliphatic heterocycles. The van der Waals surface area contributed by atoms with Crippen molar-refractivity contribution < 1.29 is 9.84 Å². The molecule has 1 fully saturated rings. The zero-order chi connectivity index (χ0) is 11.8. The first-order chi connectivity index (χ1) is 8.29. The Bertz CT molecular complexity index is 544. The van der Waals surface area contributed by atoms with E-state index in [4.69, 9.17) is 15.6 Å². The van der Waals surface area contributed by atoms with Gasteiger partial charge in [0.05, 0.1) is 12.0 Å². The lowest BCUT2D eigenvalue weighted by Crippen LogP contribution is -2.14. The molecule has 0 bridgehead atoms. The maximum absolute atomic E-state index is 9.04. The molecule has 0 amide bonds. The van der Waals surface area contributed by atoms with Crippen LogP contribution in [0.4, 0.5) is 5.82 Å². The summed E-state index contributed by atoms with van der Waals surface area (Å²) in [4.78, 5) is 8.16. The minimum Gasteiger partial charge on any atom is -0.393 e. The van der Waals surface area contributed by atoms with Gasteiger partial charge in [0.2, 0.25) is 0 Å². The number of nitrogens with two attached hydrogens (primary N) is 1. The molecular formula is C10H12N4O2S. The Labute approximate surface area is 102 Å². The summed E-state index contributed by atoms with van der Waals surface area (Å²) in [7, 11) is 0. The van der Waals surface area contributed by atoms with E-state index in [0.29, 0.717) is 5.82 Å². The maximum atomic E-state index is 9.04. The number of fused-ring (bicyclic) bond motifs is 1. The Morgan fingerprint density at radius 2 is 2.47 bits per heavy atom. The molecule has 17 heavy (non-hydrogen) atoms. The van der Waals surface area contributed by atoms with Gasteiger partial charge in [-0.15, -0.1) is 11.8 Å². The number of aliphatic hydroxyl groups excluding tert-OH is 1. The molecule has 0 spiro atoms. The SMILES string of the molecule is Nc1ncnc2c1ccn2[C@H]1CS[C@@H](CO)O1. The summed E-state index contributed by atoms with van der Waals surface area (Å²) in [5.41, 5.74) is 6.38. The van der Waals surface area contributed by atoms with Crippen LogP contribution in [0.5, 0.6) is 0 Å². The van der Waals surface area contributed by atoms with Crippen LogP contribution >= 0.6 is 11.8 Å². The van der Waals surface area contributed by atoms with Crippen molar-refractivity contribution in [1.82, 2.24) is 14.5 Å². The molecule has 2 aromatic heterocycles. The maximum Gasteiger partial charge on any atom is 0.147 e. The second kappa shape index (κ2) is 4.17. The first-order valence-electron chi connectivity index (χ1n) is 5.24. The largest absolute Gasteiger partial charge is 0.393 e. The van der Waals surface area contributed by atoms with E-state index in [1.165, 1.54) is 6.33 Å². The van der Waals surface area contributed by atoms with Gasteiger partial charge in [-0.1, -0.05) is 0 Å². The normalized spacial score (nSPS) is 24.5. The van der Waals surface area contributed by atoms with E-state index in [-0.39, 0.29) is 18.3 Å². The zero-order valence-corrected chi connectivity index (χ0v) is 9.80. The fraction of sp³-hybridized carbons (Fsp3) is 0.400. The molecule has 0 radical (unpaired) electrons. The van der Waals surface area contributed by atoms with Gasteiger partial charge in [-0.25, -0.2) is 9.97 Å². The van der Waals surface area contributed by atoms with Crippen LogP contribution in [0.1, 0.15) is 6.23 Å². The van der Waals surface area contributed by atoms with Gasteiger partial charge in [-0.3, -0.25) is 0 Å². The number of ether oxygens (including phenoxy) is 1. The number of rotatable bonds is 2. The van der Waals surface area contributed by atoms with Gasteiger partial charge in [0.15, 0.2) is 0 Å². The second-order valence-electron chi connectivity index (χ2n) is 3.76. The summed E-state index contributed by atoms with van der Waals surface area (Å²) >= 11 is 1.59. The molecule has 0 aliphatic carbocycles. The molecule has 7 heteroatoms. The molecule has 1 aliphatic rings. The van der Waals surface area contributed by atoms with Crippen LogP contribution in [0.2, 0.25) is 0 Å². The Morgan fingerprint density at radius 1 is 1.59 bits per heavy atom. The van der Waals surface area contributed by atoms with E-state index in [9.17, 15) is 0 Å². The first kappa shape index (κ1) is 10.8. The van der Waals surface area contributed by atoms with E-state index < -0.39 is 0 Å². The van der Waals surface area contributed by atoms with Crippen LogP contribution in [-0.4, -0.2) is 37.4 Å². The fourth-order valence-electron chi connectivity index (χ4n) is 1.91. The van der Waals surface area contributed by atoms with Gasteiger partial charge >= 0.3 is 0 Å². The molecule has 90 valence electrons. The highest BCUT2D eigenvalue weighted by molar-refractivity contribution is 8.00. The number of anilines is 1. The molecule has 3 heterocycles. The zero-order valence-electron chi connectivity index (χ0n) is 8.98. The van der Waals surface area contributed by atoms with Crippen molar-refractivity contribution in [2.45, 2.75) is 11.7 Å². The minimum absolute atomic E-state index is 0.0253. The highest BCUT2D eigenvalue weighted by Gasteiger charge is 2.27. The van der Waals surface area contributed by atoms with Gasteiger partial charge in [-0.2, -0.15) is 0 Å². The molecule has 0 aromatic carbocycles. The number of nitrogen functional groups attached to an aromatic ring is 1. The monoisotopic (exact) mass is 252 g/mol. The van der Waals surface area contributed by atoms with E-state index in [1.54, 1.807) is 11.8 Å². The predicted molar refractivity (Wildman–Crippen MR) is 65.4 cm³/mol. The molecular weight excluding hydrogens is 240 g/mol. The van der Waals surface area contributed by atoms with Crippen molar-refractivity contribution in [3.05, 3.63) is 18.6 Å². The first-order valence-corrected chi connectivity index (χ1v) is 6.29. The van der Waals surface area contributed by atoms with Crippen LogP contribution in [-0.2, 0) is 4.74 Å². The fourth-order valence-corrected chi connectivity index (χ4v) is 2.84. The Balaban J connectivity index is 1.99. The summed E-state index contributed by atoms with van der Waals surface area (Å²) in [5.74, 6) is 1.26. The van der Waals surface area contributed by atoms with Crippen LogP contribution in [0.3, 0.4) is 0 Å². The van der Waals surface area contributed by atoms with Gasteiger partial charge < -0.3 is 20.1 Å². The molecule has 1 saturated heterocycles. The summed E-state index contributed by atoms with van der Waals surface area (Å²) < 4.78 is 7.60. The van der Waals surface area contributed by atoms with Gasteiger partial charge in [0, 0.05) is 11.9 Å². The number of hydrogen-bond acceptors (Lipinski definition) is 6. The number of aromatic nitrogens is 3. The van der Waals surface area contributed by atoms with Crippen LogP contribution in [0.25, 0.3) is 11.0 Å². The second-order valence-corrected chi connectivity index (χ2v) is 4.95. The van der Waals surface area contributed by atoms with E-state index in [2.05, 4.69) is 9.97 Å². The third kappa shape index (κ3) is 1.76.